The molecule has 3 rings (SSSR count). The predicted molar refractivity (Wildman–Crippen MR) is 82.5 cm³/mol. The van der Waals surface area contributed by atoms with Gasteiger partial charge in [0, 0.05) is 44.9 Å². The van der Waals surface area contributed by atoms with Gasteiger partial charge in [0.15, 0.2) is 5.82 Å². The molecule has 1 fully saturated rings. The quantitative estimate of drug-likeness (QED) is 0.828. The minimum absolute atomic E-state index is 0.269. The summed E-state index contributed by atoms with van der Waals surface area (Å²) < 4.78 is 26.7. The van der Waals surface area contributed by atoms with Crippen molar-refractivity contribution < 1.29 is 8.42 Å². The second kappa shape index (κ2) is 5.77. The average Bonchev–Trinajstić information content (AvgIpc) is 3.08. The van der Waals surface area contributed by atoms with Crippen LogP contribution in [0.5, 0.6) is 0 Å². The Morgan fingerprint density at radius 1 is 1.23 bits per heavy atom. The first kappa shape index (κ1) is 15.1. The van der Waals surface area contributed by atoms with Gasteiger partial charge in [-0.05, 0) is 18.8 Å². The maximum absolute atomic E-state index is 11.6. The Morgan fingerprint density at radius 2 is 2.00 bits per heavy atom. The van der Waals surface area contributed by atoms with Crippen molar-refractivity contribution in [1.29, 1.82) is 0 Å². The highest BCUT2D eigenvalue weighted by molar-refractivity contribution is 7.88. The van der Waals surface area contributed by atoms with Crippen LogP contribution in [0.15, 0.2) is 24.8 Å². The summed E-state index contributed by atoms with van der Waals surface area (Å²) in [7, 11) is -1.19. The van der Waals surface area contributed by atoms with Crippen LogP contribution < -0.4 is 0 Å². The molecule has 1 atom stereocenters. The van der Waals surface area contributed by atoms with E-state index in [9.17, 15) is 8.42 Å². The molecule has 118 valence electrons. The summed E-state index contributed by atoms with van der Waals surface area (Å²) in [6, 6.07) is 0. The smallest absolute Gasteiger partial charge is 0.211 e. The topological polar surface area (TPSA) is 81.0 Å². The number of aryl methyl sites for hydroxylation is 1. The second-order valence-corrected chi connectivity index (χ2v) is 7.68. The molecule has 1 aliphatic heterocycles. The third-order valence-corrected chi connectivity index (χ3v) is 5.28. The molecule has 1 saturated heterocycles. The minimum Gasteiger partial charge on any atom is -0.333 e. The van der Waals surface area contributed by atoms with E-state index < -0.39 is 10.0 Å². The van der Waals surface area contributed by atoms with Gasteiger partial charge in [-0.25, -0.2) is 22.7 Å². The molecule has 0 unspecified atom stereocenters. The molecule has 0 aromatic carbocycles. The Labute approximate surface area is 130 Å². The van der Waals surface area contributed by atoms with Gasteiger partial charge in [0.2, 0.25) is 10.0 Å². The number of imidazole rings is 1. The first-order valence-electron chi connectivity index (χ1n) is 7.18. The van der Waals surface area contributed by atoms with Crippen LogP contribution in [0.25, 0.3) is 11.5 Å². The molecular weight excluding hydrogens is 302 g/mol. The van der Waals surface area contributed by atoms with Crippen LogP contribution in [0.2, 0.25) is 0 Å². The van der Waals surface area contributed by atoms with Crippen LogP contribution in [-0.4, -0.2) is 51.6 Å². The fourth-order valence-electron chi connectivity index (χ4n) is 2.84. The van der Waals surface area contributed by atoms with Crippen molar-refractivity contribution >= 4 is 10.0 Å². The predicted octanol–water partition coefficient (Wildman–Crippen LogP) is 0.701. The number of hydrogen-bond acceptors (Lipinski definition) is 5. The van der Waals surface area contributed by atoms with Crippen molar-refractivity contribution in [3.05, 3.63) is 30.5 Å². The maximum atomic E-state index is 11.6. The van der Waals surface area contributed by atoms with Crippen LogP contribution >= 0.6 is 0 Å². The second-order valence-electron chi connectivity index (χ2n) is 5.69. The van der Waals surface area contributed by atoms with Gasteiger partial charge in [-0.3, -0.25) is 4.98 Å². The Kier molecular flexibility index (Phi) is 3.96. The highest BCUT2D eigenvalue weighted by atomic mass is 32.2. The van der Waals surface area contributed by atoms with E-state index in [1.807, 2.05) is 17.8 Å². The Balaban J connectivity index is 1.81. The summed E-state index contributed by atoms with van der Waals surface area (Å²) in [5.41, 5.74) is 1.64. The summed E-state index contributed by atoms with van der Waals surface area (Å²) >= 11 is 0. The highest BCUT2D eigenvalue weighted by Gasteiger charge is 2.29. The zero-order valence-corrected chi connectivity index (χ0v) is 13.5. The lowest BCUT2D eigenvalue weighted by Crippen LogP contribution is -2.27. The molecule has 0 saturated carbocycles. The molecule has 8 heteroatoms. The molecular formula is C14H19N5O2S. The third kappa shape index (κ3) is 3.02. The van der Waals surface area contributed by atoms with Crippen molar-refractivity contribution in [2.24, 2.45) is 13.0 Å². The molecule has 0 bridgehead atoms. The summed E-state index contributed by atoms with van der Waals surface area (Å²) in [5, 5.41) is 0. The molecule has 1 aliphatic rings. The summed E-state index contributed by atoms with van der Waals surface area (Å²) in [6.07, 6.45) is 9.75. The van der Waals surface area contributed by atoms with Gasteiger partial charge in [0.25, 0.3) is 0 Å². The van der Waals surface area contributed by atoms with Crippen LogP contribution in [0.3, 0.4) is 0 Å². The Bertz CT molecular complexity index is 771. The first-order valence-corrected chi connectivity index (χ1v) is 9.02. The molecule has 0 N–H and O–H groups in total. The number of sulfonamides is 1. The van der Waals surface area contributed by atoms with E-state index in [4.69, 9.17) is 0 Å². The van der Waals surface area contributed by atoms with Gasteiger partial charge >= 0.3 is 0 Å². The van der Waals surface area contributed by atoms with Crippen LogP contribution in [0, 0.1) is 5.92 Å². The number of hydrogen-bond donors (Lipinski definition) is 0. The van der Waals surface area contributed by atoms with Gasteiger partial charge in [-0.2, -0.15) is 0 Å². The van der Waals surface area contributed by atoms with E-state index in [1.54, 1.807) is 18.6 Å². The van der Waals surface area contributed by atoms with Crippen molar-refractivity contribution in [2.45, 2.75) is 12.8 Å². The van der Waals surface area contributed by atoms with Gasteiger partial charge in [0.05, 0.1) is 11.9 Å². The van der Waals surface area contributed by atoms with Gasteiger partial charge < -0.3 is 4.57 Å². The average molecular weight is 321 g/mol. The number of aromatic nitrogens is 4. The molecule has 0 spiro atoms. The van der Waals surface area contributed by atoms with Crippen molar-refractivity contribution in [3.63, 3.8) is 0 Å². The van der Waals surface area contributed by atoms with E-state index in [0.717, 1.165) is 23.6 Å². The van der Waals surface area contributed by atoms with Crippen LogP contribution in [0.4, 0.5) is 0 Å². The largest absolute Gasteiger partial charge is 0.333 e. The molecule has 0 aliphatic carbocycles. The zero-order chi connectivity index (χ0) is 15.7. The van der Waals surface area contributed by atoms with Gasteiger partial charge in [-0.15, -0.1) is 0 Å². The molecule has 0 amide bonds. The zero-order valence-electron chi connectivity index (χ0n) is 12.7. The fourth-order valence-corrected chi connectivity index (χ4v) is 3.75. The Morgan fingerprint density at radius 3 is 2.64 bits per heavy atom. The molecule has 7 nitrogen and oxygen atoms in total. The summed E-state index contributed by atoms with van der Waals surface area (Å²) in [5.74, 6) is 1.05. The third-order valence-electron chi connectivity index (χ3n) is 4.01. The van der Waals surface area contributed by atoms with Crippen LogP contribution in [0.1, 0.15) is 12.1 Å². The molecule has 0 radical (unpaired) electrons. The number of rotatable bonds is 4. The lowest BCUT2D eigenvalue weighted by atomic mass is 10.0. The molecule has 2 aromatic rings. The fraction of sp³-hybridized carbons (Fsp3) is 0.500. The van der Waals surface area contributed by atoms with Crippen molar-refractivity contribution in [1.82, 2.24) is 23.8 Å². The van der Waals surface area contributed by atoms with E-state index >= 15 is 0 Å². The van der Waals surface area contributed by atoms with Gasteiger partial charge in [0.1, 0.15) is 5.69 Å². The molecule has 2 aromatic heterocycles. The van der Waals surface area contributed by atoms with Gasteiger partial charge in [-0.1, -0.05) is 0 Å². The summed E-state index contributed by atoms with van der Waals surface area (Å²) in [4.78, 5) is 13.2. The minimum atomic E-state index is -3.11. The van der Waals surface area contributed by atoms with Crippen molar-refractivity contribution in [2.75, 3.05) is 19.3 Å². The standard InChI is InChI=1S/C14H19N5O2S/c1-18-8-6-17-14(18)13-12(15-4-5-16-13)9-11-3-7-19(10-11)22(2,20)21/h4-6,8,11H,3,7,9-10H2,1-2H3/t11-/m1/s1. The first-order chi connectivity index (χ1) is 10.4. The normalized spacial score (nSPS) is 19.6. The lowest BCUT2D eigenvalue weighted by molar-refractivity contribution is 0.459. The van der Waals surface area contributed by atoms with E-state index in [1.165, 1.54) is 10.6 Å². The van der Waals surface area contributed by atoms with Crippen LogP contribution in [-0.2, 0) is 23.5 Å². The number of nitrogens with zero attached hydrogens (tertiary/aromatic N) is 5. The van der Waals surface area contributed by atoms with E-state index in [0.29, 0.717) is 19.5 Å². The monoisotopic (exact) mass is 321 g/mol. The molecule has 3 heterocycles. The maximum Gasteiger partial charge on any atom is 0.211 e. The van der Waals surface area contributed by atoms with E-state index in [-0.39, 0.29) is 5.92 Å². The van der Waals surface area contributed by atoms with E-state index in [2.05, 4.69) is 15.0 Å². The van der Waals surface area contributed by atoms with Crippen molar-refractivity contribution in [3.8, 4) is 11.5 Å². The summed E-state index contributed by atoms with van der Waals surface area (Å²) in [6.45, 7) is 1.14. The highest BCUT2D eigenvalue weighted by Crippen LogP contribution is 2.25. The Hall–Kier alpha value is -1.80. The lowest BCUT2D eigenvalue weighted by Gasteiger charge is -2.14. The SMILES string of the molecule is Cn1ccnc1-c1nccnc1C[C@H]1CCN(S(C)(=O)=O)C1. The molecule has 22 heavy (non-hydrogen) atoms.